The Balaban J connectivity index is 2.05. The van der Waals surface area contributed by atoms with Gasteiger partial charge in [-0.2, -0.15) is 0 Å². The second-order valence-electron chi connectivity index (χ2n) is 4.29. The molecular weight excluding hydrogens is 379 g/mol. The Bertz CT molecular complexity index is 710. The van der Waals surface area contributed by atoms with E-state index in [4.69, 9.17) is 4.84 Å². The van der Waals surface area contributed by atoms with Crippen molar-refractivity contribution in [3.8, 4) is 0 Å². The minimum absolute atomic E-state index is 0.144. The van der Waals surface area contributed by atoms with Gasteiger partial charge in [0.05, 0.1) is 4.92 Å². The Hall–Kier alpha value is -1.91. The Morgan fingerprint density at radius 3 is 2.80 bits per heavy atom. The summed E-state index contributed by atoms with van der Waals surface area (Å²) < 4.78 is 0.540. The molecule has 1 aromatic carbocycles. The van der Waals surface area contributed by atoms with Crippen LogP contribution in [-0.2, 0) is 0 Å². The van der Waals surface area contributed by atoms with E-state index >= 15 is 0 Å². The van der Waals surface area contributed by atoms with Crippen molar-refractivity contribution in [2.75, 3.05) is 13.1 Å². The second-order valence-corrected chi connectivity index (χ2v) is 5.31. The van der Waals surface area contributed by atoms with E-state index in [1.807, 2.05) is 22.6 Å². The number of non-ortho nitro benzene ring substituents is 1. The molecule has 1 fully saturated rings. The largest absolute Gasteiger partial charge is 0.435 e. The molecule has 0 N–H and O–H groups in total. The lowest BCUT2D eigenvalue weighted by molar-refractivity contribution is -0.383. The van der Waals surface area contributed by atoms with Crippen molar-refractivity contribution < 1.29 is 14.6 Å². The fraction of sp³-hybridized carbons (Fsp3) is 0.273. The van der Waals surface area contributed by atoms with Gasteiger partial charge in [0, 0.05) is 24.5 Å². The molecule has 0 bridgehead atoms. The average Bonchev–Trinajstić information content (AvgIpc) is 2.64. The van der Waals surface area contributed by atoms with E-state index in [9.17, 15) is 14.9 Å². The number of hydrogen-bond donors (Lipinski definition) is 0. The SMILES string of the molecule is O=C(On1nc(I)c2cccc([N+](=O)[O-])c21)N1CCC1. The van der Waals surface area contributed by atoms with Gasteiger partial charge in [-0.25, -0.2) is 4.79 Å². The molecule has 104 valence electrons. The van der Waals surface area contributed by atoms with Gasteiger partial charge >= 0.3 is 6.09 Å². The first-order valence-corrected chi connectivity index (χ1v) is 6.94. The number of likely N-dealkylation sites (tertiary alicyclic amines) is 1. The summed E-state index contributed by atoms with van der Waals surface area (Å²) in [7, 11) is 0. The van der Waals surface area contributed by atoms with Crippen molar-refractivity contribution in [2.24, 2.45) is 0 Å². The van der Waals surface area contributed by atoms with E-state index in [1.54, 1.807) is 12.1 Å². The van der Waals surface area contributed by atoms with Gasteiger partial charge in [-0.3, -0.25) is 15.0 Å². The first kappa shape index (κ1) is 13.1. The number of nitro groups is 1. The number of hydrogen-bond acceptors (Lipinski definition) is 5. The predicted molar refractivity (Wildman–Crippen MR) is 77.3 cm³/mol. The third-order valence-corrected chi connectivity index (χ3v) is 3.88. The van der Waals surface area contributed by atoms with Crippen molar-refractivity contribution in [1.82, 2.24) is 14.8 Å². The quantitative estimate of drug-likeness (QED) is 0.445. The van der Waals surface area contributed by atoms with Gasteiger partial charge in [-0.1, -0.05) is 10.9 Å². The first-order chi connectivity index (χ1) is 9.58. The van der Waals surface area contributed by atoms with Gasteiger partial charge in [0.25, 0.3) is 5.69 Å². The third-order valence-electron chi connectivity index (χ3n) is 3.08. The number of carbonyl (C=O) groups excluding carboxylic acids is 1. The molecule has 1 aliphatic heterocycles. The minimum Gasteiger partial charge on any atom is -0.306 e. The fourth-order valence-corrected chi connectivity index (χ4v) is 2.56. The number of fused-ring (bicyclic) bond motifs is 1. The Kier molecular flexibility index (Phi) is 3.20. The van der Waals surface area contributed by atoms with Crippen LogP contribution in [0.25, 0.3) is 10.9 Å². The zero-order valence-corrected chi connectivity index (χ0v) is 12.3. The van der Waals surface area contributed by atoms with E-state index in [1.165, 1.54) is 11.0 Å². The van der Waals surface area contributed by atoms with Gasteiger partial charge in [-0.15, -0.1) is 5.10 Å². The van der Waals surface area contributed by atoms with Crippen LogP contribution in [0.5, 0.6) is 0 Å². The summed E-state index contributed by atoms with van der Waals surface area (Å²) in [4.78, 5) is 29.9. The lowest BCUT2D eigenvalue weighted by Gasteiger charge is -2.28. The molecule has 2 heterocycles. The third kappa shape index (κ3) is 2.07. The van der Waals surface area contributed by atoms with Gasteiger partial charge < -0.3 is 4.90 Å². The first-order valence-electron chi connectivity index (χ1n) is 5.87. The van der Waals surface area contributed by atoms with E-state index in [-0.39, 0.29) is 11.2 Å². The number of para-hydroxylation sites is 1. The zero-order valence-electron chi connectivity index (χ0n) is 10.2. The molecule has 8 nitrogen and oxygen atoms in total. The summed E-state index contributed by atoms with van der Waals surface area (Å²) in [6.45, 7) is 1.27. The van der Waals surface area contributed by atoms with Crippen LogP contribution in [0.2, 0.25) is 0 Å². The van der Waals surface area contributed by atoms with Crippen molar-refractivity contribution >= 4 is 45.3 Å². The van der Waals surface area contributed by atoms with Crippen LogP contribution in [0, 0.1) is 13.8 Å². The maximum atomic E-state index is 11.8. The maximum absolute atomic E-state index is 11.8. The molecule has 0 atom stereocenters. The second kappa shape index (κ2) is 4.89. The number of carbonyl (C=O) groups is 1. The van der Waals surface area contributed by atoms with Crippen LogP contribution in [0.15, 0.2) is 18.2 Å². The summed E-state index contributed by atoms with van der Waals surface area (Å²) >= 11 is 1.95. The normalized spacial score (nSPS) is 14.2. The maximum Gasteiger partial charge on any atom is 0.435 e. The fourth-order valence-electron chi connectivity index (χ4n) is 1.93. The molecule has 0 aliphatic carbocycles. The van der Waals surface area contributed by atoms with Crippen LogP contribution in [-0.4, -0.2) is 38.9 Å². The molecule has 20 heavy (non-hydrogen) atoms. The highest BCUT2D eigenvalue weighted by Gasteiger charge is 2.26. The average molecular weight is 388 g/mol. The summed E-state index contributed by atoms with van der Waals surface area (Å²) in [6, 6.07) is 4.63. The van der Waals surface area contributed by atoms with Gasteiger partial charge in [0.1, 0.15) is 3.70 Å². The number of amides is 1. The summed E-state index contributed by atoms with van der Waals surface area (Å²) in [5.74, 6) is 0. The van der Waals surface area contributed by atoms with Crippen LogP contribution >= 0.6 is 22.6 Å². The molecule has 3 rings (SSSR count). The van der Waals surface area contributed by atoms with E-state index in [2.05, 4.69) is 5.10 Å². The van der Waals surface area contributed by atoms with Crippen LogP contribution in [0.1, 0.15) is 6.42 Å². The van der Waals surface area contributed by atoms with Gasteiger partial charge in [0.15, 0.2) is 5.52 Å². The van der Waals surface area contributed by atoms with E-state index in [0.29, 0.717) is 22.2 Å². The molecule has 1 amide bonds. The van der Waals surface area contributed by atoms with Crippen molar-refractivity contribution in [3.05, 3.63) is 32.0 Å². The molecular formula is C11H9IN4O4. The zero-order chi connectivity index (χ0) is 14.3. The minimum atomic E-state index is -0.546. The lowest BCUT2D eigenvalue weighted by atomic mass is 10.2. The van der Waals surface area contributed by atoms with Crippen molar-refractivity contribution in [3.63, 3.8) is 0 Å². The highest BCUT2D eigenvalue weighted by atomic mass is 127. The molecule has 1 aromatic heterocycles. The highest BCUT2D eigenvalue weighted by molar-refractivity contribution is 14.1. The smallest absolute Gasteiger partial charge is 0.306 e. The van der Waals surface area contributed by atoms with E-state index < -0.39 is 11.0 Å². The Labute approximate surface area is 126 Å². The lowest BCUT2D eigenvalue weighted by Crippen LogP contribution is -2.45. The molecule has 0 spiro atoms. The summed E-state index contributed by atoms with van der Waals surface area (Å²) in [5, 5.41) is 15.7. The molecule has 0 saturated carbocycles. The van der Waals surface area contributed by atoms with Crippen LogP contribution in [0.4, 0.5) is 10.5 Å². The molecule has 9 heteroatoms. The topological polar surface area (TPSA) is 90.5 Å². The molecule has 0 unspecified atom stereocenters. The highest BCUT2D eigenvalue weighted by Crippen LogP contribution is 2.28. The summed E-state index contributed by atoms with van der Waals surface area (Å²) in [5.41, 5.74) is 0.0464. The number of nitrogens with zero attached hydrogens (tertiary/aromatic N) is 4. The monoisotopic (exact) mass is 388 g/mol. The standard InChI is InChI=1S/C11H9IN4O4/c12-10-7-3-1-4-8(16(18)19)9(7)15(13-10)20-11(17)14-5-2-6-14/h1,3-4H,2,5-6H2. The van der Waals surface area contributed by atoms with Crippen LogP contribution < -0.4 is 4.84 Å². The molecule has 1 aliphatic rings. The number of rotatable bonds is 2. The van der Waals surface area contributed by atoms with Crippen molar-refractivity contribution in [1.29, 1.82) is 0 Å². The predicted octanol–water partition coefficient (Wildman–Crippen LogP) is 1.80. The van der Waals surface area contributed by atoms with E-state index in [0.717, 1.165) is 11.3 Å². The summed E-state index contributed by atoms with van der Waals surface area (Å²) in [6.07, 6.45) is 0.391. The van der Waals surface area contributed by atoms with Gasteiger partial charge in [0.2, 0.25) is 0 Å². The Morgan fingerprint density at radius 1 is 1.45 bits per heavy atom. The number of halogens is 1. The number of aromatic nitrogens is 2. The molecule has 0 radical (unpaired) electrons. The van der Waals surface area contributed by atoms with Crippen LogP contribution in [0.3, 0.4) is 0 Å². The number of benzene rings is 1. The van der Waals surface area contributed by atoms with Gasteiger partial charge in [-0.05, 0) is 35.1 Å². The molecule has 2 aromatic rings. The Morgan fingerprint density at radius 2 is 2.20 bits per heavy atom. The molecule has 1 saturated heterocycles. The van der Waals surface area contributed by atoms with Crippen molar-refractivity contribution in [2.45, 2.75) is 6.42 Å². The number of nitro benzene ring substituents is 1.